The van der Waals surface area contributed by atoms with Crippen molar-refractivity contribution in [2.24, 2.45) is 5.92 Å². The quantitative estimate of drug-likeness (QED) is 0.590. The zero-order valence-corrected chi connectivity index (χ0v) is 19.9. The van der Waals surface area contributed by atoms with Crippen molar-refractivity contribution in [3.05, 3.63) is 48.7 Å². The van der Waals surface area contributed by atoms with E-state index in [1.807, 2.05) is 12.1 Å². The number of sulfone groups is 1. The van der Waals surface area contributed by atoms with E-state index in [1.165, 1.54) is 37.6 Å². The molecule has 4 saturated heterocycles. The van der Waals surface area contributed by atoms with Gasteiger partial charge in [-0.05, 0) is 74.3 Å². The second kappa shape index (κ2) is 8.02. The minimum atomic E-state index is -3.16. The molecule has 4 fully saturated rings. The minimum Gasteiger partial charge on any atom is -0.368 e. The molecule has 7 nitrogen and oxygen atoms in total. The molecule has 2 bridgehead atoms. The van der Waals surface area contributed by atoms with E-state index in [-0.39, 0.29) is 0 Å². The average molecular weight is 466 g/mol. The number of nitrogens with zero attached hydrogens (tertiary/aromatic N) is 5. The summed E-state index contributed by atoms with van der Waals surface area (Å²) in [5.74, 6) is 1.82. The molecule has 0 aliphatic carbocycles. The fourth-order valence-corrected chi connectivity index (χ4v) is 6.44. The van der Waals surface area contributed by atoms with Gasteiger partial charge < -0.3 is 19.3 Å². The normalized spacial score (nSPS) is 25.7. The fraction of sp³-hybridized carbons (Fsp3) is 0.480. The largest absolute Gasteiger partial charge is 0.368 e. The summed E-state index contributed by atoms with van der Waals surface area (Å²) >= 11 is 0. The third-order valence-electron chi connectivity index (χ3n) is 7.76. The first-order valence-corrected chi connectivity index (χ1v) is 13.8. The van der Waals surface area contributed by atoms with Crippen molar-refractivity contribution in [1.82, 2.24) is 14.5 Å². The highest BCUT2D eigenvalue weighted by molar-refractivity contribution is 7.90. The monoisotopic (exact) mass is 465 g/mol. The molecule has 1 aromatic carbocycles. The summed E-state index contributed by atoms with van der Waals surface area (Å²) in [4.78, 5) is 12.8. The van der Waals surface area contributed by atoms with Crippen molar-refractivity contribution in [3.63, 3.8) is 0 Å². The zero-order chi connectivity index (χ0) is 22.6. The second-order valence-electron chi connectivity index (χ2n) is 9.75. The highest BCUT2D eigenvalue weighted by Gasteiger charge is 2.35. The maximum atomic E-state index is 11.7. The third-order valence-corrected chi connectivity index (χ3v) is 8.89. The first-order valence-electron chi connectivity index (χ1n) is 12.0. The van der Waals surface area contributed by atoms with E-state index < -0.39 is 9.84 Å². The van der Waals surface area contributed by atoms with Gasteiger partial charge >= 0.3 is 0 Å². The summed E-state index contributed by atoms with van der Waals surface area (Å²) in [6, 6.07) is 14.4. The van der Waals surface area contributed by atoms with Crippen molar-refractivity contribution in [2.75, 3.05) is 61.9 Å². The summed E-state index contributed by atoms with van der Waals surface area (Å²) in [7, 11) is -3.16. The maximum absolute atomic E-state index is 11.7. The molecule has 4 aliphatic rings. The van der Waals surface area contributed by atoms with Crippen molar-refractivity contribution in [2.45, 2.75) is 23.8 Å². The number of benzene rings is 1. The average Bonchev–Trinajstić information content (AvgIpc) is 3.28. The number of hydrogen-bond acceptors (Lipinski definition) is 6. The minimum absolute atomic E-state index is 0.369. The molecule has 6 heterocycles. The number of piperazine rings is 1. The van der Waals surface area contributed by atoms with E-state index >= 15 is 0 Å². The maximum Gasteiger partial charge on any atom is 0.175 e. The molecule has 1 unspecified atom stereocenters. The van der Waals surface area contributed by atoms with E-state index in [2.05, 4.69) is 43.7 Å². The molecule has 2 aromatic heterocycles. The molecule has 0 radical (unpaired) electrons. The zero-order valence-electron chi connectivity index (χ0n) is 19.1. The van der Waals surface area contributed by atoms with E-state index in [0.29, 0.717) is 10.9 Å². The van der Waals surface area contributed by atoms with E-state index in [0.717, 1.165) is 55.8 Å². The molecule has 3 aromatic rings. The van der Waals surface area contributed by atoms with Gasteiger partial charge in [-0.3, -0.25) is 0 Å². The molecule has 7 rings (SSSR count). The Bertz CT molecular complexity index is 1250. The highest BCUT2D eigenvalue weighted by atomic mass is 32.2. The van der Waals surface area contributed by atoms with Crippen LogP contribution in [0.2, 0.25) is 0 Å². The van der Waals surface area contributed by atoms with Gasteiger partial charge in [-0.15, -0.1) is 0 Å². The molecular formula is C25H31N5O2S. The van der Waals surface area contributed by atoms with Crippen molar-refractivity contribution >= 4 is 32.4 Å². The van der Waals surface area contributed by atoms with Crippen molar-refractivity contribution in [1.29, 1.82) is 0 Å². The summed E-state index contributed by atoms with van der Waals surface area (Å²) in [5.41, 5.74) is 2.19. The number of pyridine rings is 1. The van der Waals surface area contributed by atoms with Gasteiger partial charge in [0.05, 0.1) is 10.9 Å². The molecule has 8 heteroatoms. The Hall–Kier alpha value is -2.58. The lowest BCUT2D eigenvalue weighted by Gasteiger charge is -2.45. The van der Waals surface area contributed by atoms with E-state index in [9.17, 15) is 8.42 Å². The van der Waals surface area contributed by atoms with Crippen LogP contribution in [0.15, 0.2) is 53.6 Å². The van der Waals surface area contributed by atoms with Crippen LogP contribution in [-0.2, 0) is 9.84 Å². The summed E-state index contributed by atoms with van der Waals surface area (Å²) in [6.45, 7) is 7.22. The van der Waals surface area contributed by atoms with Gasteiger partial charge in [0, 0.05) is 56.3 Å². The summed E-state index contributed by atoms with van der Waals surface area (Å²) in [6.07, 6.45) is 6.10. The predicted octanol–water partition coefficient (Wildman–Crippen LogP) is 3.03. The number of fused-ring (bicyclic) bond motifs is 4. The number of aromatic nitrogens is 2. The smallest absolute Gasteiger partial charge is 0.175 e. The van der Waals surface area contributed by atoms with Crippen molar-refractivity contribution in [3.8, 4) is 0 Å². The topological polar surface area (TPSA) is 61.7 Å². The van der Waals surface area contributed by atoms with Crippen LogP contribution >= 0.6 is 0 Å². The Morgan fingerprint density at radius 2 is 1.55 bits per heavy atom. The van der Waals surface area contributed by atoms with Gasteiger partial charge in [-0.2, -0.15) is 0 Å². The highest BCUT2D eigenvalue weighted by Crippen LogP contribution is 2.37. The van der Waals surface area contributed by atoms with Crippen LogP contribution in [0.1, 0.15) is 18.9 Å². The Balaban J connectivity index is 1.18. The molecule has 0 amide bonds. The Morgan fingerprint density at radius 3 is 2.18 bits per heavy atom. The molecule has 0 saturated carbocycles. The predicted molar refractivity (Wildman–Crippen MR) is 132 cm³/mol. The molecule has 4 aliphatic heterocycles. The number of hydrogen-bond donors (Lipinski definition) is 0. The van der Waals surface area contributed by atoms with E-state index in [1.54, 1.807) is 12.1 Å². The van der Waals surface area contributed by atoms with Gasteiger partial charge in [-0.1, -0.05) is 0 Å². The molecule has 33 heavy (non-hydrogen) atoms. The summed E-state index contributed by atoms with van der Waals surface area (Å²) in [5, 5.41) is 1.22. The lowest BCUT2D eigenvalue weighted by atomic mass is 9.84. The Kier molecular flexibility index (Phi) is 5.10. The standard InChI is InChI=1S/C25H31N5O2S/c1-33(31,32)22-5-3-21(4-6-22)28-14-16-29(17-15-28)24-7-2-20-10-13-30(25(20)26-24)23-18-27-11-8-19(23)9-12-27/h2-7,10,13,19,23H,8-9,11-12,14-18H2,1H3. The second-order valence-corrected chi connectivity index (χ2v) is 11.8. The SMILES string of the molecule is CS(=O)(=O)c1ccc(N2CCN(c3ccc4ccn(C5CN6CCC5CC6)c4n3)CC2)cc1. The van der Waals surface area contributed by atoms with Gasteiger partial charge in [-0.25, -0.2) is 13.4 Å². The first kappa shape index (κ1) is 21.0. The Labute approximate surface area is 195 Å². The van der Waals surface area contributed by atoms with Crippen LogP contribution in [0, 0.1) is 5.92 Å². The van der Waals surface area contributed by atoms with Crippen molar-refractivity contribution < 1.29 is 8.42 Å². The molecular weight excluding hydrogens is 434 g/mol. The van der Waals surface area contributed by atoms with Crippen LogP contribution in [0.5, 0.6) is 0 Å². The van der Waals surface area contributed by atoms with Gasteiger partial charge in [0.15, 0.2) is 9.84 Å². The van der Waals surface area contributed by atoms with Gasteiger partial charge in [0.1, 0.15) is 11.5 Å². The lowest BCUT2D eigenvalue weighted by molar-refractivity contribution is 0.0588. The van der Waals surface area contributed by atoms with Crippen LogP contribution < -0.4 is 9.80 Å². The van der Waals surface area contributed by atoms with Crippen LogP contribution in [-0.4, -0.2) is 74.9 Å². The lowest BCUT2D eigenvalue weighted by Crippen LogP contribution is -2.48. The fourth-order valence-electron chi connectivity index (χ4n) is 5.81. The number of rotatable bonds is 4. The van der Waals surface area contributed by atoms with Gasteiger partial charge in [0.25, 0.3) is 0 Å². The summed E-state index contributed by atoms with van der Waals surface area (Å²) < 4.78 is 25.9. The molecule has 1 atom stereocenters. The van der Waals surface area contributed by atoms with Crippen LogP contribution in [0.4, 0.5) is 11.5 Å². The number of anilines is 2. The molecule has 0 N–H and O–H groups in total. The molecule has 174 valence electrons. The third kappa shape index (κ3) is 3.89. The van der Waals surface area contributed by atoms with Crippen LogP contribution in [0.25, 0.3) is 11.0 Å². The van der Waals surface area contributed by atoms with Crippen LogP contribution in [0.3, 0.4) is 0 Å². The van der Waals surface area contributed by atoms with Gasteiger partial charge in [0.2, 0.25) is 0 Å². The first-order chi connectivity index (χ1) is 16.0. The Morgan fingerprint density at radius 1 is 0.848 bits per heavy atom. The molecule has 0 spiro atoms. The number of piperidine rings is 3. The van der Waals surface area contributed by atoms with E-state index in [4.69, 9.17) is 4.98 Å².